The van der Waals surface area contributed by atoms with Crippen LogP contribution in [0.4, 0.5) is 0 Å². The summed E-state index contributed by atoms with van der Waals surface area (Å²) in [4.78, 5) is 0. The minimum Gasteiger partial charge on any atom is -0.390 e. The van der Waals surface area contributed by atoms with E-state index in [1.54, 1.807) is 0 Å². The van der Waals surface area contributed by atoms with E-state index < -0.39 is 17.8 Å². The van der Waals surface area contributed by atoms with Crippen LogP contribution in [-0.2, 0) is 14.2 Å². The number of hydrogen-bond acceptors (Lipinski definition) is 5. The maximum absolute atomic E-state index is 12.4. The molecule has 0 radical (unpaired) electrons. The third-order valence-corrected chi connectivity index (χ3v) is 14.4. The van der Waals surface area contributed by atoms with Gasteiger partial charge in [-0.2, -0.15) is 0 Å². The van der Waals surface area contributed by atoms with Gasteiger partial charge in [-0.3, -0.25) is 0 Å². The fraction of sp³-hybridized carbons (Fsp3) is 1.00. The summed E-state index contributed by atoms with van der Waals surface area (Å²) in [7, 11) is 1.91. The van der Waals surface area contributed by atoms with Crippen LogP contribution in [0.3, 0.4) is 0 Å². The molecular weight excluding hydrogens is 476 g/mol. The Labute approximate surface area is 231 Å². The SMILES string of the molecule is CCO[C@@H]([C@H]1C[C@@H](C)[C@H]2[C@H](O1)[C@H](O)[C@@]1(C)[C@@H]3CC[C@H]4C(C)(C)[C@@H](OC)CC[C@@]45C[C@@]35CC[C@]21C)C(C)(C)O. The summed E-state index contributed by atoms with van der Waals surface area (Å²) >= 11 is 0. The van der Waals surface area contributed by atoms with Crippen molar-refractivity contribution in [2.24, 2.45) is 50.7 Å². The van der Waals surface area contributed by atoms with Crippen molar-refractivity contribution in [3.63, 3.8) is 0 Å². The Morgan fingerprint density at radius 3 is 2.29 bits per heavy atom. The topological polar surface area (TPSA) is 68.2 Å². The molecule has 0 unspecified atom stereocenters. The summed E-state index contributed by atoms with van der Waals surface area (Å²) in [5.74, 6) is 2.03. The maximum atomic E-state index is 12.4. The van der Waals surface area contributed by atoms with Gasteiger partial charge in [0.2, 0.25) is 0 Å². The molecule has 1 saturated heterocycles. The zero-order valence-corrected chi connectivity index (χ0v) is 25.7. The monoisotopic (exact) mass is 532 g/mol. The Morgan fingerprint density at radius 1 is 1.00 bits per heavy atom. The third-order valence-electron chi connectivity index (χ3n) is 14.4. The molecule has 0 bridgehead atoms. The molecule has 6 fully saturated rings. The Hall–Kier alpha value is -0.200. The summed E-state index contributed by atoms with van der Waals surface area (Å²) in [6.07, 6.45) is 8.79. The number of ether oxygens (including phenoxy) is 3. The fourth-order valence-corrected chi connectivity index (χ4v) is 12.9. The van der Waals surface area contributed by atoms with Crippen LogP contribution in [0, 0.1) is 50.7 Å². The lowest BCUT2D eigenvalue weighted by molar-refractivity contribution is -0.215. The molecule has 13 atom stereocenters. The predicted octanol–water partition coefficient (Wildman–Crippen LogP) is 5.99. The standard InChI is InChI=1S/C33H56O5/c1-10-37-27(29(5,6)35)20-17-19(2)24-25(38-20)26(34)31(8)22-12-11-21-28(3,4)23(36-9)13-14-32(21)18-33(22,32)16-15-30(24,31)7/h19-27,34-35H,10-18H2,1-9H3/t19-,20-,21+,22+,23+,24+,25+,26+,27+,30-,31-,32-,33+/m1/s1. The average Bonchev–Trinajstić information content (AvgIpc) is 3.46. The van der Waals surface area contributed by atoms with Crippen molar-refractivity contribution in [1.82, 2.24) is 0 Å². The quantitative estimate of drug-likeness (QED) is 0.455. The van der Waals surface area contributed by atoms with E-state index in [0.717, 1.165) is 12.3 Å². The summed E-state index contributed by atoms with van der Waals surface area (Å²) < 4.78 is 19.0. The molecule has 1 heterocycles. The van der Waals surface area contributed by atoms with Gasteiger partial charge in [-0.1, -0.05) is 34.6 Å². The van der Waals surface area contributed by atoms with Gasteiger partial charge in [0.25, 0.3) is 0 Å². The van der Waals surface area contributed by atoms with Crippen molar-refractivity contribution in [2.75, 3.05) is 13.7 Å². The van der Waals surface area contributed by atoms with Gasteiger partial charge >= 0.3 is 0 Å². The van der Waals surface area contributed by atoms with E-state index in [2.05, 4.69) is 34.6 Å². The molecule has 5 aliphatic carbocycles. The highest BCUT2D eigenvalue weighted by atomic mass is 16.6. The van der Waals surface area contributed by atoms with Gasteiger partial charge in [0.1, 0.15) is 6.10 Å². The lowest BCUT2D eigenvalue weighted by Gasteiger charge is -2.63. The predicted molar refractivity (Wildman–Crippen MR) is 149 cm³/mol. The first kappa shape index (κ1) is 27.9. The van der Waals surface area contributed by atoms with Crippen LogP contribution >= 0.6 is 0 Å². The average molecular weight is 533 g/mol. The van der Waals surface area contributed by atoms with Gasteiger partial charge in [0, 0.05) is 19.1 Å². The van der Waals surface area contributed by atoms with Gasteiger partial charge in [0.15, 0.2) is 0 Å². The molecule has 38 heavy (non-hydrogen) atoms. The second-order valence-electron chi connectivity index (χ2n) is 16.3. The van der Waals surface area contributed by atoms with E-state index in [-0.39, 0.29) is 28.5 Å². The van der Waals surface area contributed by atoms with Crippen molar-refractivity contribution >= 4 is 0 Å². The van der Waals surface area contributed by atoms with E-state index in [0.29, 0.717) is 41.3 Å². The highest BCUT2D eigenvalue weighted by Crippen LogP contribution is 2.89. The Bertz CT molecular complexity index is 942. The first-order chi connectivity index (χ1) is 17.7. The van der Waals surface area contributed by atoms with Gasteiger partial charge in [0.05, 0.1) is 30.0 Å². The van der Waals surface area contributed by atoms with Gasteiger partial charge in [-0.05, 0) is 117 Å². The smallest absolute Gasteiger partial charge is 0.112 e. The van der Waals surface area contributed by atoms with Crippen LogP contribution in [0.5, 0.6) is 0 Å². The van der Waals surface area contributed by atoms with Crippen LogP contribution in [0.15, 0.2) is 0 Å². The molecule has 5 saturated carbocycles. The summed E-state index contributed by atoms with van der Waals surface area (Å²) in [5, 5.41) is 23.4. The Balaban J connectivity index is 1.34. The largest absolute Gasteiger partial charge is 0.390 e. The molecule has 0 aromatic rings. The molecule has 5 heteroatoms. The molecule has 2 spiro atoms. The number of methoxy groups -OCH3 is 1. The number of hydrogen-bond donors (Lipinski definition) is 2. The molecule has 0 aromatic carbocycles. The van der Waals surface area contributed by atoms with E-state index in [1.165, 1.54) is 44.9 Å². The molecule has 5 nitrogen and oxygen atoms in total. The van der Waals surface area contributed by atoms with Crippen molar-refractivity contribution in [1.29, 1.82) is 0 Å². The van der Waals surface area contributed by atoms with Crippen molar-refractivity contribution in [3.05, 3.63) is 0 Å². The maximum Gasteiger partial charge on any atom is 0.112 e. The van der Waals surface area contributed by atoms with Gasteiger partial charge < -0.3 is 24.4 Å². The van der Waals surface area contributed by atoms with E-state index >= 15 is 0 Å². The first-order valence-corrected chi connectivity index (χ1v) is 15.9. The fourth-order valence-electron chi connectivity index (χ4n) is 12.9. The van der Waals surface area contributed by atoms with Crippen LogP contribution in [0.2, 0.25) is 0 Å². The van der Waals surface area contributed by atoms with Crippen molar-refractivity contribution in [3.8, 4) is 0 Å². The minimum absolute atomic E-state index is 0.0586. The molecule has 218 valence electrons. The molecule has 6 aliphatic rings. The van der Waals surface area contributed by atoms with Crippen LogP contribution in [0.25, 0.3) is 0 Å². The summed E-state index contributed by atoms with van der Waals surface area (Å²) in [5.41, 5.74) is -0.0739. The van der Waals surface area contributed by atoms with Crippen molar-refractivity contribution in [2.45, 2.75) is 143 Å². The molecule has 0 amide bonds. The normalized spacial score (nSPS) is 55.7. The van der Waals surface area contributed by atoms with E-state index in [1.807, 2.05) is 27.9 Å². The summed E-state index contributed by atoms with van der Waals surface area (Å²) in [6, 6.07) is 0. The zero-order chi connectivity index (χ0) is 27.7. The second-order valence-corrected chi connectivity index (χ2v) is 16.3. The van der Waals surface area contributed by atoms with Crippen LogP contribution in [0.1, 0.15) is 107 Å². The molecule has 6 rings (SSSR count). The lowest BCUT2D eigenvalue weighted by atomic mass is 9.41. The van der Waals surface area contributed by atoms with Crippen molar-refractivity contribution < 1.29 is 24.4 Å². The number of rotatable bonds is 5. The molecule has 0 aromatic heterocycles. The third kappa shape index (κ3) is 3.18. The number of fused-ring (bicyclic) bond motifs is 4. The molecule has 2 N–H and O–H groups in total. The van der Waals surface area contributed by atoms with Gasteiger partial charge in [-0.25, -0.2) is 0 Å². The van der Waals surface area contributed by atoms with Crippen LogP contribution < -0.4 is 0 Å². The zero-order valence-electron chi connectivity index (χ0n) is 25.7. The second kappa shape index (κ2) is 8.43. The van der Waals surface area contributed by atoms with E-state index in [9.17, 15) is 10.2 Å². The number of aliphatic hydroxyl groups is 2. The number of aliphatic hydroxyl groups excluding tert-OH is 1. The van der Waals surface area contributed by atoms with E-state index in [4.69, 9.17) is 14.2 Å². The van der Waals surface area contributed by atoms with Crippen LogP contribution in [-0.4, -0.2) is 60.1 Å². The molecule has 1 aliphatic heterocycles. The highest BCUT2D eigenvalue weighted by molar-refractivity contribution is 5.32. The summed E-state index contributed by atoms with van der Waals surface area (Å²) in [6.45, 7) is 18.5. The highest BCUT2D eigenvalue weighted by Gasteiger charge is 2.84. The Kier molecular flexibility index (Phi) is 6.20. The first-order valence-electron chi connectivity index (χ1n) is 15.9. The molecular formula is C33H56O5. The Morgan fingerprint density at radius 2 is 1.66 bits per heavy atom. The van der Waals surface area contributed by atoms with Gasteiger partial charge in [-0.15, -0.1) is 0 Å². The lowest BCUT2D eigenvalue weighted by Crippen LogP contribution is -2.60. The minimum atomic E-state index is -0.992.